The summed E-state index contributed by atoms with van der Waals surface area (Å²) in [5.41, 5.74) is 10.6. The smallest absolute Gasteiger partial charge is 0.316 e. The lowest BCUT2D eigenvalue weighted by molar-refractivity contribution is 0.380. The van der Waals surface area contributed by atoms with Crippen LogP contribution in [0.5, 0.6) is 6.01 Å². The Balaban J connectivity index is 1.70. The molecule has 0 unspecified atom stereocenters. The molecule has 4 rings (SSSR count). The maximum absolute atomic E-state index is 9.56. The van der Waals surface area contributed by atoms with Crippen LogP contribution in [-0.2, 0) is 0 Å². The highest BCUT2D eigenvalue weighted by molar-refractivity contribution is 5.79. The van der Waals surface area contributed by atoms with Gasteiger partial charge in [-0.25, -0.2) is 15.0 Å². The number of aromatic nitrogens is 3. The summed E-state index contributed by atoms with van der Waals surface area (Å²) in [7, 11) is 1.51. The molecule has 2 aromatic heterocycles. The van der Waals surface area contributed by atoms with Gasteiger partial charge >= 0.3 is 6.01 Å². The molecule has 0 aliphatic carbocycles. The van der Waals surface area contributed by atoms with Crippen molar-refractivity contribution in [2.24, 2.45) is 0 Å². The molecule has 29 heavy (non-hydrogen) atoms. The summed E-state index contributed by atoms with van der Waals surface area (Å²) in [5.74, 6) is 0.191. The molecule has 0 saturated carbocycles. The number of nitrogens with two attached hydrogens (primary N) is 1. The number of rotatable bonds is 4. The number of hydrogen-bond donors (Lipinski definition) is 1. The minimum absolute atomic E-state index is 0.191. The SMILES string of the molecule is COc1ncc(-c2cc(-c3ccc(N4CCCCC4)cc3)nc(N)c2C#N)cn1. The standard InChI is InChI=1S/C22H22N6O/c1-29-22-25-13-16(14-26-22)18-11-20(27-21(24)19(18)12-23)15-5-7-17(8-6-15)28-9-3-2-4-10-28/h5-8,11,13-14H,2-4,9-10H2,1H3,(H2,24,27). The summed E-state index contributed by atoms with van der Waals surface area (Å²) < 4.78 is 5.01. The molecule has 1 aromatic carbocycles. The maximum atomic E-state index is 9.56. The first-order chi connectivity index (χ1) is 14.2. The van der Waals surface area contributed by atoms with Crippen LogP contribution in [0.4, 0.5) is 11.5 Å². The van der Waals surface area contributed by atoms with Gasteiger partial charge in [-0.15, -0.1) is 0 Å². The first kappa shape index (κ1) is 18.7. The zero-order valence-electron chi connectivity index (χ0n) is 16.3. The van der Waals surface area contributed by atoms with E-state index >= 15 is 0 Å². The fourth-order valence-electron chi connectivity index (χ4n) is 3.61. The molecule has 146 valence electrons. The molecule has 3 aromatic rings. The zero-order valence-corrected chi connectivity index (χ0v) is 16.3. The van der Waals surface area contributed by atoms with Crippen LogP contribution in [-0.4, -0.2) is 35.2 Å². The van der Waals surface area contributed by atoms with Crippen molar-refractivity contribution in [3.05, 3.63) is 48.3 Å². The number of nitrogens with zero attached hydrogens (tertiary/aromatic N) is 5. The van der Waals surface area contributed by atoms with Gasteiger partial charge in [-0.2, -0.15) is 5.26 Å². The van der Waals surface area contributed by atoms with Crippen LogP contribution in [0.15, 0.2) is 42.7 Å². The predicted molar refractivity (Wildman–Crippen MR) is 112 cm³/mol. The summed E-state index contributed by atoms with van der Waals surface area (Å²) in [6.45, 7) is 2.20. The van der Waals surface area contributed by atoms with E-state index in [-0.39, 0.29) is 11.8 Å². The molecule has 7 nitrogen and oxygen atoms in total. The van der Waals surface area contributed by atoms with E-state index in [1.165, 1.54) is 32.1 Å². The number of pyridine rings is 1. The van der Waals surface area contributed by atoms with Crippen LogP contribution in [0.3, 0.4) is 0 Å². The number of anilines is 2. The summed E-state index contributed by atoms with van der Waals surface area (Å²) in [6.07, 6.45) is 7.02. The van der Waals surface area contributed by atoms with E-state index in [0.717, 1.165) is 18.7 Å². The first-order valence-corrected chi connectivity index (χ1v) is 9.62. The molecule has 0 spiro atoms. The fraction of sp³-hybridized carbons (Fsp3) is 0.273. The number of benzene rings is 1. The Kier molecular flexibility index (Phi) is 5.25. The highest BCUT2D eigenvalue weighted by Gasteiger charge is 2.15. The third-order valence-electron chi connectivity index (χ3n) is 5.17. The lowest BCUT2D eigenvalue weighted by Gasteiger charge is -2.28. The Hall–Kier alpha value is -3.66. The Morgan fingerprint density at radius 1 is 1.03 bits per heavy atom. The van der Waals surface area contributed by atoms with Crippen LogP contribution in [0.25, 0.3) is 22.4 Å². The van der Waals surface area contributed by atoms with E-state index in [0.29, 0.717) is 22.4 Å². The number of nitrogen functional groups attached to an aromatic ring is 1. The van der Waals surface area contributed by atoms with Gasteiger partial charge in [0.05, 0.1) is 12.8 Å². The van der Waals surface area contributed by atoms with Gasteiger partial charge in [0.2, 0.25) is 0 Å². The zero-order chi connectivity index (χ0) is 20.2. The molecule has 0 radical (unpaired) electrons. The van der Waals surface area contributed by atoms with Crippen LogP contribution in [0.1, 0.15) is 24.8 Å². The molecule has 7 heteroatoms. The third-order valence-corrected chi connectivity index (χ3v) is 5.17. The van der Waals surface area contributed by atoms with E-state index in [9.17, 15) is 5.26 Å². The van der Waals surface area contributed by atoms with E-state index in [2.05, 4.69) is 38.1 Å². The average Bonchev–Trinajstić information content (AvgIpc) is 2.79. The monoisotopic (exact) mass is 386 g/mol. The van der Waals surface area contributed by atoms with Gasteiger partial charge in [-0.05, 0) is 37.5 Å². The van der Waals surface area contributed by atoms with E-state index in [1.54, 1.807) is 12.4 Å². The second-order valence-electron chi connectivity index (χ2n) is 6.98. The summed E-state index contributed by atoms with van der Waals surface area (Å²) >= 11 is 0. The molecule has 0 amide bonds. The van der Waals surface area contributed by atoms with Crippen LogP contribution in [0.2, 0.25) is 0 Å². The Morgan fingerprint density at radius 3 is 2.34 bits per heavy atom. The predicted octanol–water partition coefficient (Wildman–Crippen LogP) is 3.66. The van der Waals surface area contributed by atoms with Crippen molar-refractivity contribution in [2.75, 3.05) is 30.8 Å². The van der Waals surface area contributed by atoms with Crippen LogP contribution in [0, 0.1) is 11.3 Å². The summed E-state index contributed by atoms with van der Waals surface area (Å²) in [5, 5.41) is 9.56. The molecule has 1 fully saturated rings. The second kappa shape index (κ2) is 8.15. The molecule has 0 bridgehead atoms. The molecular weight excluding hydrogens is 364 g/mol. The van der Waals surface area contributed by atoms with Gasteiger partial charge in [0.25, 0.3) is 0 Å². The van der Waals surface area contributed by atoms with Crippen molar-refractivity contribution in [2.45, 2.75) is 19.3 Å². The largest absolute Gasteiger partial charge is 0.467 e. The molecule has 0 atom stereocenters. The van der Waals surface area contributed by atoms with Crippen molar-refractivity contribution in [3.63, 3.8) is 0 Å². The van der Waals surface area contributed by atoms with Gasteiger partial charge in [-0.3, -0.25) is 0 Å². The van der Waals surface area contributed by atoms with Crippen molar-refractivity contribution in [1.82, 2.24) is 15.0 Å². The number of ether oxygens (including phenoxy) is 1. The number of piperidine rings is 1. The lowest BCUT2D eigenvalue weighted by Crippen LogP contribution is -2.29. The van der Waals surface area contributed by atoms with Gasteiger partial charge in [0, 0.05) is 47.9 Å². The van der Waals surface area contributed by atoms with Crippen molar-refractivity contribution < 1.29 is 4.74 Å². The van der Waals surface area contributed by atoms with Gasteiger partial charge < -0.3 is 15.4 Å². The first-order valence-electron chi connectivity index (χ1n) is 9.62. The summed E-state index contributed by atoms with van der Waals surface area (Å²) in [6, 6.07) is 12.6. The van der Waals surface area contributed by atoms with E-state index in [1.807, 2.05) is 18.2 Å². The van der Waals surface area contributed by atoms with Gasteiger partial charge in [-0.1, -0.05) is 12.1 Å². The van der Waals surface area contributed by atoms with E-state index < -0.39 is 0 Å². The third kappa shape index (κ3) is 3.83. The number of nitriles is 1. The molecular formula is C22H22N6O. The Bertz CT molecular complexity index is 1030. The Morgan fingerprint density at radius 2 is 1.72 bits per heavy atom. The summed E-state index contributed by atoms with van der Waals surface area (Å²) in [4.78, 5) is 15.1. The number of hydrogen-bond acceptors (Lipinski definition) is 7. The maximum Gasteiger partial charge on any atom is 0.316 e. The molecule has 3 heterocycles. The van der Waals surface area contributed by atoms with Crippen molar-refractivity contribution in [3.8, 4) is 34.5 Å². The molecule has 1 aliphatic rings. The molecule has 1 aliphatic heterocycles. The second-order valence-corrected chi connectivity index (χ2v) is 6.98. The molecule has 2 N–H and O–H groups in total. The van der Waals surface area contributed by atoms with Gasteiger partial charge in [0.1, 0.15) is 17.5 Å². The minimum atomic E-state index is 0.191. The Labute approximate surface area is 169 Å². The van der Waals surface area contributed by atoms with Crippen LogP contribution < -0.4 is 15.4 Å². The fourth-order valence-corrected chi connectivity index (χ4v) is 3.61. The highest BCUT2D eigenvalue weighted by atomic mass is 16.5. The quantitative estimate of drug-likeness (QED) is 0.730. The molecule has 1 saturated heterocycles. The van der Waals surface area contributed by atoms with Crippen LogP contribution >= 0.6 is 0 Å². The average molecular weight is 386 g/mol. The van der Waals surface area contributed by atoms with Gasteiger partial charge in [0.15, 0.2) is 0 Å². The topological polar surface area (TPSA) is 101 Å². The minimum Gasteiger partial charge on any atom is -0.467 e. The number of methoxy groups -OCH3 is 1. The normalized spacial score (nSPS) is 13.7. The van der Waals surface area contributed by atoms with Crippen molar-refractivity contribution in [1.29, 1.82) is 5.26 Å². The highest BCUT2D eigenvalue weighted by Crippen LogP contribution is 2.32. The van der Waals surface area contributed by atoms with E-state index in [4.69, 9.17) is 10.5 Å². The van der Waals surface area contributed by atoms with Crippen molar-refractivity contribution >= 4 is 11.5 Å². The lowest BCUT2D eigenvalue weighted by atomic mass is 10.00.